The summed E-state index contributed by atoms with van der Waals surface area (Å²) in [6.45, 7) is 3.62. The smallest absolute Gasteiger partial charge is 0.233 e. The number of ether oxygens (including phenoxy) is 2. The number of β-amino-alcohol motifs (C(OH)–C–C–N with tert-alkyl or cyclic N) is 1. The number of fused-ring (bicyclic) bond motifs is 1. The van der Waals surface area contributed by atoms with E-state index in [1.54, 1.807) is 19.3 Å². The number of aliphatic hydroxyl groups is 1. The number of methoxy groups -OCH3 is 1. The molecule has 0 unspecified atom stereocenters. The molecule has 6 heteroatoms. The molecule has 144 valence electrons. The number of aliphatic hydroxyl groups excluding tert-OH is 1. The van der Waals surface area contributed by atoms with Gasteiger partial charge in [-0.15, -0.1) is 6.58 Å². The van der Waals surface area contributed by atoms with E-state index < -0.39 is 6.10 Å². The van der Waals surface area contributed by atoms with E-state index in [1.165, 1.54) is 4.90 Å². The summed E-state index contributed by atoms with van der Waals surface area (Å²) in [6.07, 6.45) is 6.61. The fraction of sp³-hybridized carbons (Fsp3) is 0.429. The fourth-order valence-electron chi connectivity index (χ4n) is 3.62. The molecule has 1 aliphatic carbocycles. The van der Waals surface area contributed by atoms with Crippen molar-refractivity contribution in [2.75, 3.05) is 20.3 Å². The van der Waals surface area contributed by atoms with Crippen LogP contribution in [0.4, 0.5) is 0 Å². The molecule has 0 aromatic heterocycles. The van der Waals surface area contributed by atoms with E-state index in [0.717, 1.165) is 12.0 Å². The van der Waals surface area contributed by atoms with Crippen molar-refractivity contribution >= 4 is 11.8 Å². The molecule has 2 amide bonds. The molecule has 0 bridgehead atoms. The van der Waals surface area contributed by atoms with Gasteiger partial charge in [-0.2, -0.15) is 0 Å². The van der Waals surface area contributed by atoms with Crippen LogP contribution in [-0.4, -0.2) is 48.2 Å². The summed E-state index contributed by atoms with van der Waals surface area (Å²) in [5, 5.41) is 10.3. The molecule has 1 aromatic carbocycles. The van der Waals surface area contributed by atoms with Crippen molar-refractivity contribution in [2.24, 2.45) is 11.8 Å². The highest BCUT2D eigenvalue weighted by molar-refractivity contribution is 6.05. The minimum Gasteiger partial charge on any atom is -0.493 e. The lowest BCUT2D eigenvalue weighted by Crippen LogP contribution is -2.40. The highest BCUT2D eigenvalue weighted by Gasteiger charge is 2.47. The van der Waals surface area contributed by atoms with Crippen LogP contribution in [0, 0.1) is 11.8 Å². The van der Waals surface area contributed by atoms with Crippen LogP contribution in [0.2, 0.25) is 0 Å². The summed E-state index contributed by atoms with van der Waals surface area (Å²) >= 11 is 0. The Morgan fingerprint density at radius 3 is 2.48 bits per heavy atom. The molecule has 27 heavy (non-hydrogen) atoms. The quantitative estimate of drug-likeness (QED) is 0.560. The number of carbonyl (C=O) groups excluding carboxylic acids is 2. The van der Waals surface area contributed by atoms with E-state index in [1.807, 2.05) is 24.3 Å². The average Bonchev–Trinajstić information content (AvgIpc) is 2.92. The molecular weight excluding hydrogens is 346 g/mol. The number of carbonyl (C=O) groups is 2. The van der Waals surface area contributed by atoms with Crippen molar-refractivity contribution in [1.29, 1.82) is 0 Å². The predicted octanol–water partition coefficient (Wildman–Crippen LogP) is 2.11. The second-order valence-electron chi connectivity index (χ2n) is 6.89. The Labute approximate surface area is 159 Å². The average molecular weight is 371 g/mol. The molecule has 0 spiro atoms. The van der Waals surface area contributed by atoms with Gasteiger partial charge in [-0.3, -0.25) is 14.5 Å². The van der Waals surface area contributed by atoms with Crippen LogP contribution >= 0.6 is 0 Å². The van der Waals surface area contributed by atoms with E-state index in [-0.39, 0.29) is 36.8 Å². The van der Waals surface area contributed by atoms with Gasteiger partial charge in [-0.25, -0.2) is 0 Å². The maximum atomic E-state index is 12.5. The van der Waals surface area contributed by atoms with Crippen LogP contribution in [0.3, 0.4) is 0 Å². The lowest BCUT2D eigenvalue weighted by Gasteiger charge is -2.20. The molecule has 1 fully saturated rings. The van der Waals surface area contributed by atoms with E-state index in [9.17, 15) is 14.7 Å². The largest absolute Gasteiger partial charge is 0.493 e. The second kappa shape index (κ2) is 8.39. The van der Waals surface area contributed by atoms with Gasteiger partial charge in [0.1, 0.15) is 12.7 Å². The van der Waals surface area contributed by atoms with Crippen LogP contribution in [-0.2, 0) is 16.0 Å². The summed E-state index contributed by atoms with van der Waals surface area (Å²) in [5.41, 5.74) is 1.04. The van der Waals surface area contributed by atoms with Gasteiger partial charge in [-0.05, 0) is 37.0 Å². The Kier molecular flexibility index (Phi) is 5.96. The molecule has 1 N–H and O–H groups in total. The third kappa shape index (κ3) is 4.06. The Morgan fingerprint density at radius 2 is 1.89 bits per heavy atom. The Bertz CT molecular complexity index is 731. The number of hydrogen-bond donors (Lipinski definition) is 1. The highest BCUT2D eigenvalue weighted by Crippen LogP contribution is 2.35. The standard InChI is InChI=1S/C21H25NO5/c1-3-6-14-9-10-18(19(11-14)26-2)27-13-15(23)12-22-20(24)16-7-4-5-8-17(16)21(22)25/h3-5,9-11,15-17,23H,1,6-8,12-13H2,2H3/t15-,16-,17-/m1/s1. The van der Waals surface area contributed by atoms with Crippen molar-refractivity contribution in [3.8, 4) is 11.5 Å². The summed E-state index contributed by atoms with van der Waals surface area (Å²) in [6, 6.07) is 5.53. The molecule has 3 rings (SSSR count). The topological polar surface area (TPSA) is 76.1 Å². The molecule has 0 radical (unpaired) electrons. The van der Waals surface area contributed by atoms with E-state index in [2.05, 4.69) is 6.58 Å². The Balaban J connectivity index is 1.58. The lowest BCUT2D eigenvalue weighted by molar-refractivity contribution is -0.141. The summed E-state index contributed by atoms with van der Waals surface area (Å²) in [4.78, 5) is 26.1. The van der Waals surface area contributed by atoms with Crippen LogP contribution in [0.15, 0.2) is 43.0 Å². The summed E-state index contributed by atoms with van der Waals surface area (Å²) in [7, 11) is 1.55. The van der Waals surface area contributed by atoms with Crippen molar-refractivity contribution in [3.05, 3.63) is 48.6 Å². The van der Waals surface area contributed by atoms with Crippen LogP contribution in [0.25, 0.3) is 0 Å². The third-order valence-electron chi connectivity index (χ3n) is 5.03. The summed E-state index contributed by atoms with van der Waals surface area (Å²) in [5.74, 6) is 0.106. The highest BCUT2D eigenvalue weighted by atomic mass is 16.5. The SMILES string of the molecule is C=CCc1ccc(OC[C@H](O)CN2C(=O)[C@@H]3CC=CC[C@H]3C2=O)c(OC)c1. The first kappa shape index (κ1) is 19.2. The lowest BCUT2D eigenvalue weighted by atomic mass is 9.85. The minimum atomic E-state index is -0.969. The van der Waals surface area contributed by atoms with Gasteiger partial charge in [-0.1, -0.05) is 24.3 Å². The zero-order valence-corrected chi connectivity index (χ0v) is 15.5. The normalized spacial score (nSPS) is 22.5. The molecule has 2 aliphatic rings. The number of likely N-dealkylation sites (tertiary alicyclic amines) is 1. The first-order chi connectivity index (χ1) is 13.0. The number of hydrogen-bond acceptors (Lipinski definition) is 5. The second-order valence-corrected chi connectivity index (χ2v) is 6.89. The molecule has 1 aliphatic heterocycles. The Hall–Kier alpha value is -2.60. The number of nitrogens with zero attached hydrogens (tertiary/aromatic N) is 1. The first-order valence-corrected chi connectivity index (χ1v) is 9.14. The van der Waals surface area contributed by atoms with Gasteiger partial charge in [0.15, 0.2) is 11.5 Å². The van der Waals surface area contributed by atoms with Gasteiger partial charge in [0.25, 0.3) is 0 Å². The van der Waals surface area contributed by atoms with Gasteiger partial charge in [0, 0.05) is 0 Å². The molecule has 1 saturated heterocycles. The molecule has 0 saturated carbocycles. The number of benzene rings is 1. The van der Waals surface area contributed by atoms with E-state index in [4.69, 9.17) is 9.47 Å². The summed E-state index contributed by atoms with van der Waals surface area (Å²) < 4.78 is 11.0. The zero-order chi connectivity index (χ0) is 19.4. The molecule has 6 nitrogen and oxygen atoms in total. The van der Waals surface area contributed by atoms with E-state index in [0.29, 0.717) is 24.3 Å². The minimum absolute atomic E-state index is 0.0399. The van der Waals surface area contributed by atoms with E-state index >= 15 is 0 Å². The van der Waals surface area contributed by atoms with Gasteiger partial charge in [0.2, 0.25) is 11.8 Å². The van der Waals surface area contributed by atoms with Crippen LogP contribution in [0.5, 0.6) is 11.5 Å². The van der Waals surface area contributed by atoms with Crippen molar-refractivity contribution in [2.45, 2.75) is 25.4 Å². The number of rotatable bonds is 8. The maximum absolute atomic E-state index is 12.5. The molecular formula is C21H25NO5. The van der Waals surface area contributed by atoms with Crippen molar-refractivity contribution in [3.63, 3.8) is 0 Å². The van der Waals surface area contributed by atoms with Crippen molar-refractivity contribution in [1.82, 2.24) is 4.90 Å². The molecule has 3 atom stereocenters. The fourth-order valence-corrected chi connectivity index (χ4v) is 3.62. The number of amides is 2. The molecule has 1 heterocycles. The van der Waals surface area contributed by atoms with Gasteiger partial charge in [0.05, 0.1) is 25.5 Å². The van der Waals surface area contributed by atoms with Gasteiger partial charge >= 0.3 is 0 Å². The number of imide groups is 1. The van der Waals surface area contributed by atoms with Gasteiger partial charge < -0.3 is 14.6 Å². The zero-order valence-electron chi connectivity index (χ0n) is 15.5. The van der Waals surface area contributed by atoms with Crippen LogP contribution in [0.1, 0.15) is 18.4 Å². The number of allylic oxidation sites excluding steroid dienone is 3. The van der Waals surface area contributed by atoms with Crippen LogP contribution < -0.4 is 9.47 Å². The monoisotopic (exact) mass is 371 g/mol. The Morgan fingerprint density at radius 1 is 1.22 bits per heavy atom. The first-order valence-electron chi connectivity index (χ1n) is 9.14. The predicted molar refractivity (Wildman–Crippen MR) is 100 cm³/mol. The maximum Gasteiger partial charge on any atom is 0.233 e. The molecule has 1 aromatic rings. The third-order valence-corrected chi connectivity index (χ3v) is 5.03. The van der Waals surface area contributed by atoms with Crippen molar-refractivity contribution < 1.29 is 24.2 Å².